The minimum Gasteiger partial charge on any atom is -0.374 e. The predicted octanol–water partition coefficient (Wildman–Crippen LogP) is 3.38. The molecule has 0 aliphatic heterocycles. The second-order valence-corrected chi connectivity index (χ2v) is 5.03. The van der Waals surface area contributed by atoms with E-state index < -0.39 is 0 Å². The Morgan fingerprint density at radius 3 is 1.54 bits per heavy atom. The van der Waals surface area contributed by atoms with Gasteiger partial charge in [-0.1, -0.05) is 26.7 Å². The van der Waals surface area contributed by atoms with Gasteiger partial charge in [-0.2, -0.15) is 0 Å². The Labute approximate surface area is 81.9 Å². The van der Waals surface area contributed by atoms with Crippen molar-refractivity contribution in [3.8, 4) is 0 Å². The molecule has 0 aromatic rings. The lowest BCUT2D eigenvalue weighted by Crippen LogP contribution is -2.25. The molecule has 0 saturated heterocycles. The molecule has 4 atom stereocenters. The highest BCUT2D eigenvalue weighted by molar-refractivity contribution is 4.80. The third-order valence-electron chi connectivity index (χ3n) is 3.92. The first kappa shape index (κ1) is 9.51. The molecular weight excluding hydrogens is 160 g/mol. The monoisotopic (exact) mass is 182 g/mol. The summed E-state index contributed by atoms with van der Waals surface area (Å²) in [6.45, 7) is 4.69. The minimum atomic E-state index is 0.588. The number of ether oxygens (including phenoxy) is 1. The molecule has 0 aromatic heterocycles. The van der Waals surface area contributed by atoms with Gasteiger partial charge in [-0.3, -0.25) is 0 Å². The van der Waals surface area contributed by atoms with E-state index in [1.54, 1.807) is 0 Å². The second-order valence-electron chi connectivity index (χ2n) is 5.03. The highest BCUT2D eigenvalue weighted by Gasteiger charge is 2.31. The first-order chi connectivity index (χ1) is 6.27. The molecule has 0 amide bonds. The summed E-state index contributed by atoms with van der Waals surface area (Å²) < 4.78 is 6.20. The van der Waals surface area contributed by atoms with Crippen LogP contribution in [0.25, 0.3) is 0 Å². The van der Waals surface area contributed by atoms with Crippen LogP contribution in [0.15, 0.2) is 0 Å². The molecule has 2 rings (SSSR count). The van der Waals surface area contributed by atoms with Crippen LogP contribution in [0.4, 0.5) is 0 Å². The molecule has 2 saturated carbocycles. The fourth-order valence-electron chi connectivity index (χ4n) is 2.85. The third-order valence-corrected chi connectivity index (χ3v) is 3.92. The summed E-state index contributed by atoms with van der Waals surface area (Å²) in [5.74, 6) is 1.63. The SMILES string of the molecule is CC1CCCC1OC1CCCC1C. The van der Waals surface area contributed by atoms with Gasteiger partial charge >= 0.3 is 0 Å². The Morgan fingerprint density at radius 2 is 1.23 bits per heavy atom. The van der Waals surface area contributed by atoms with E-state index in [4.69, 9.17) is 4.74 Å². The van der Waals surface area contributed by atoms with E-state index in [2.05, 4.69) is 13.8 Å². The maximum absolute atomic E-state index is 6.20. The van der Waals surface area contributed by atoms with Gasteiger partial charge in [0.1, 0.15) is 0 Å². The quantitative estimate of drug-likeness (QED) is 0.636. The number of hydrogen-bond donors (Lipinski definition) is 0. The van der Waals surface area contributed by atoms with Crippen molar-refractivity contribution in [1.82, 2.24) is 0 Å². The normalized spacial score (nSPS) is 45.7. The van der Waals surface area contributed by atoms with Crippen molar-refractivity contribution in [3.63, 3.8) is 0 Å². The molecule has 2 aliphatic rings. The maximum Gasteiger partial charge on any atom is 0.0604 e. The van der Waals surface area contributed by atoms with Gasteiger partial charge in [0, 0.05) is 0 Å². The van der Waals surface area contributed by atoms with E-state index >= 15 is 0 Å². The summed E-state index contributed by atoms with van der Waals surface area (Å²) in [6.07, 6.45) is 9.32. The Kier molecular flexibility index (Phi) is 2.92. The number of rotatable bonds is 2. The summed E-state index contributed by atoms with van der Waals surface area (Å²) in [5.41, 5.74) is 0. The van der Waals surface area contributed by atoms with E-state index in [1.165, 1.54) is 38.5 Å². The van der Waals surface area contributed by atoms with Gasteiger partial charge in [0.05, 0.1) is 12.2 Å². The van der Waals surface area contributed by atoms with Gasteiger partial charge in [0.2, 0.25) is 0 Å². The van der Waals surface area contributed by atoms with Crippen LogP contribution in [0.3, 0.4) is 0 Å². The summed E-state index contributed by atoms with van der Waals surface area (Å²) in [5, 5.41) is 0. The first-order valence-corrected chi connectivity index (χ1v) is 5.93. The Bertz CT molecular complexity index is 149. The lowest BCUT2D eigenvalue weighted by Gasteiger charge is -2.24. The zero-order chi connectivity index (χ0) is 9.26. The van der Waals surface area contributed by atoms with E-state index in [1.807, 2.05) is 0 Å². The summed E-state index contributed by atoms with van der Waals surface area (Å²) in [4.78, 5) is 0. The van der Waals surface area contributed by atoms with Gasteiger partial charge in [-0.15, -0.1) is 0 Å². The number of hydrogen-bond acceptors (Lipinski definition) is 1. The van der Waals surface area contributed by atoms with E-state index in [0.717, 1.165) is 11.8 Å². The molecule has 2 fully saturated rings. The van der Waals surface area contributed by atoms with Gasteiger partial charge in [-0.05, 0) is 37.5 Å². The smallest absolute Gasteiger partial charge is 0.0604 e. The lowest BCUT2D eigenvalue weighted by atomic mass is 10.1. The minimum absolute atomic E-state index is 0.588. The van der Waals surface area contributed by atoms with E-state index in [9.17, 15) is 0 Å². The van der Waals surface area contributed by atoms with Crippen LogP contribution in [0.2, 0.25) is 0 Å². The molecule has 1 nitrogen and oxygen atoms in total. The van der Waals surface area contributed by atoms with E-state index in [-0.39, 0.29) is 0 Å². The van der Waals surface area contributed by atoms with Crippen molar-refractivity contribution in [2.24, 2.45) is 11.8 Å². The third kappa shape index (κ3) is 2.07. The molecule has 76 valence electrons. The molecule has 13 heavy (non-hydrogen) atoms. The second kappa shape index (κ2) is 4.00. The zero-order valence-electron chi connectivity index (χ0n) is 8.96. The van der Waals surface area contributed by atoms with Crippen molar-refractivity contribution >= 4 is 0 Å². The molecule has 2 aliphatic carbocycles. The van der Waals surface area contributed by atoms with Crippen LogP contribution >= 0.6 is 0 Å². The molecule has 0 bridgehead atoms. The topological polar surface area (TPSA) is 9.23 Å². The van der Waals surface area contributed by atoms with Crippen molar-refractivity contribution in [3.05, 3.63) is 0 Å². The van der Waals surface area contributed by atoms with Gasteiger partial charge < -0.3 is 4.74 Å². The van der Waals surface area contributed by atoms with Crippen LogP contribution in [0.5, 0.6) is 0 Å². The Balaban J connectivity index is 1.82. The van der Waals surface area contributed by atoms with Crippen molar-refractivity contribution in [2.45, 2.75) is 64.6 Å². The van der Waals surface area contributed by atoms with Gasteiger partial charge in [0.15, 0.2) is 0 Å². The maximum atomic E-state index is 6.20. The molecule has 4 unspecified atom stereocenters. The molecule has 1 heteroatoms. The molecule has 0 heterocycles. The molecular formula is C12H22O. The van der Waals surface area contributed by atoms with Crippen molar-refractivity contribution < 1.29 is 4.74 Å². The predicted molar refractivity (Wildman–Crippen MR) is 54.7 cm³/mol. The largest absolute Gasteiger partial charge is 0.374 e. The first-order valence-electron chi connectivity index (χ1n) is 5.93. The highest BCUT2D eigenvalue weighted by Crippen LogP contribution is 2.34. The summed E-state index contributed by atoms with van der Waals surface area (Å²) >= 11 is 0. The van der Waals surface area contributed by atoms with Crippen molar-refractivity contribution in [1.29, 1.82) is 0 Å². The lowest BCUT2D eigenvalue weighted by molar-refractivity contribution is -0.0416. The summed E-state index contributed by atoms with van der Waals surface area (Å²) in [7, 11) is 0. The van der Waals surface area contributed by atoms with Gasteiger partial charge in [-0.25, -0.2) is 0 Å². The fraction of sp³-hybridized carbons (Fsp3) is 1.00. The molecule has 0 radical (unpaired) electrons. The summed E-state index contributed by atoms with van der Waals surface area (Å²) in [6, 6.07) is 0. The molecule has 0 spiro atoms. The highest BCUT2D eigenvalue weighted by atomic mass is 16.5. The van der Waals surface area contributed by atoms with Gasteiger partial charge in [0.25, 0.3) is 0 Å². The van der Waals surface area contributed by atoms with Crippen LogP contribution in [0.1, 0.15) is 52.4 Å². The Hall–Kier alpha value is -0.0400. The van der Waals surface area contributed by atoms with E-state index in [0.29, 0.717) is 12.2 Å². The van der Waals surface area contributed by atoms with Crippen LogP contribution < -0.4 is 0 Å². The molecule has 0 N–H and O–H groups in total. The molecule has 0 aromatic carbocycles. The van der Waals surface area contributed by atoms with Crippen LogP contribution in [-0.2, 0) is 4.74 Å². The Morgan fingerprint density at radius 1 is 0.769 bits per heavy atom. The zero-order valence-corrected chi connectivity index (χ0v) is 8.96. The average Bonchev–Trinajstić information content (AvgIpc) is 2.65. The van der Waals surface area contributed by atoms with Crippen LogP contribution in [0, 0.1) is 11.8 Å². The van der Waals surface area contributed by atoms with Crippen molar-refractivity contribution in [2.75, 3.05) is 0 Å². The van der Waals surface area contributed by atoms with Crippen LogP contribution in [-0.4, -0.2) is 12.2 Å². The average molecular weight is 182 g/mol. The standard InChI is InChI=1S/C12H22O/c1-9-5-3-7-11(9)13-12-8-4-6-10(12)2/h9-12H,3-8H2,1-2H3. The fourth-order valence-corrected chi connectivity index (χ4v) is 2.85.